The predicted octanol–water partition coefficient (Wildman–Crippen LogP) is 6.80. The van der Waals surface area contributed by atoms with Crippen LogP contribution in [0.2, 0.25) is 0 Å². The number of hydrogen-bond acceptors (Lipinski definition) is 3. The number of amides is 3. The average molecular weight is 560 g/mol. The number of nitrogens with one attached hydrogen (secondary N) is 2. The molecule has 0 bridgehead atoms. The summed E-state index contributed by atoms with van der Waals surface area (Å²) >= 11 is 3.45. The molecular formula is C29H30BrN5O2. The zero-order valence-electron chi connectivity index (χ0n) is 21.2. The van der Waals surface area contributed by atoms with Gasteiger partial charge in [0.25, 0.3) is 0 Å². The van der Waals surface area contributed by atoms with Crippen molar-refractivity contribution >= 4 is 39.4 Å². The van der Waals surface area contributed by atoms with Crippen LogP contribution in [0.1, 0.15) is 24.5 Å². The first-order valence-electron chi connectivity index (χ1n) is 12.2. The third-order valence-corrected chi connectivity index (χ3v) is 6.55. The van der Waals surface area contributed by atoms with Gasteiger partial charge in [-0.1, -0.05) is 67.1 Å². The van der Waals surface area contributed by atoms with Gasteiger partial charge in [-0.25, -0.2) is 9.48 Å². The molecule has 0 aliphatic carbocycles. The van der Waals surface area contributed by atoms with Crippen molar-refractivity contribution in [2.24, 2.45) is 0 Å². The van der Waals surface area contributed by atoms with Crippen LogP contribution in [0.4, 0.5) is 16.3 Å². The summed E-state index contributed by atoms with van der Waals surface area (Å²) in [4.78, 5) is 27.7. The molecule has 190 valence electrons. The molecule has 4 rings (SSSR count). The van der Waals surface area contributed by atoms with E-state index in [2.05, 4.69) is 32.6 Å². The van der Waals surface area contributed by atoms with Gasteiger partial charge in [0.2, 0.25) is 5.91 Å². The quantitative estimate of drug-likeness (QED) is 0.249. The lowest BCUT2D eigenvalue weighted by Gasteiger charge is -2.22. The standard InChI is InChI=1S/C29H30BrN5O2/c1-4-16-34(29(37)31-24-13-9-8-12-23(24)30)19-28(36)32-27-18-25(22-10-6-5-7-11-22)33-35(27)26-15-14-20(2)17-21(26)3/h5-15,17-18H,4,16,19H2,1-3H3,(H,31,37)(H,32,36). The molecule has 8 heteroatoms. The van der Waals surface area contributed by atoms with Crippen LogP contribution in [-0.2, 0) is 4.79 Å². The predicted molar refractivity (Wildman–Crippen MR) is 152 cm³/mol. The number of benzene rings is 3. The number of nitrogens with zero attached hydrogens (tertiary/aromatic N) is 3. The fraction of sp³-hybridized carbons (Fsp3) is 0.207. The number of hydrogen-bond donors (Lipinski definition) is 2. The van der Waals surface area contributed by atoms with Crippen molar-refractivity contribution in [3.63, 3.8) is 0 Å². The van der Waals surface area contributed by atoms with E-state index in [9.17, 15) is 9.59 Å². The van der Waals surface area contributed by atoms with E-state index >= 15 is 0 Å². The van der Waals surface area contributed by atoms with Gasteiger partial charge in [0.1, 0.15) is 12.4 Å². The molecule has 7 nitrogen and oxygen atoms in total. The minimum absolute atomic E-state index is 0.0944. The average Bonchev–Trinajstić information content (AvgIpc) is 3.29. The van der Waals surface area contributed by atoms with Crippen LogP contribution in [0, 0.1) is 13.8 Å². The summed E-state index contributed by atoms with van der Waals surface area (Å²) in [5, 5.41) is 10.7. The molecular weight excluding hydrogens is 530 g/mol. The van der Waals surface area contributed by atoms with E-state index in [1.165, 1.54) is 4.90 Å². The third kappa shape index (κ3) is 6.46. The molecule has 37 heavy (non-hydrogen) atoms. The summed E-state index contributed by atoms with van der Waals surface area (Å²) in [6.45, 7) is 6.38. The lowest BCUT2D eigenvalue weighted by Crippen LogP contribution is -2.41. The Morgan fingerprint density at radius 1 is 0.946 bits per heavy atom. The number of rotatable bonds is 8. The molecule has 0 aliphatic heterocycles. The van der Waals surface area contributed by atoms with Crippen LogP contribution in [0.5, 0.6) is 0 Å². The molecule has 2 N–H and O–H groups in total. The normalized spacial score (nSPS) is 10.7. The minimum Gasteiger partial charge on any atom is -0.315 e. The summed E-state index contributed by atoms with van der Waals surface area (Å²) in [6.07, 6.45) is 0.718. The van der Waals surface area contributed by atoms with Crippen molar-refractivity contribution in [2.45, 2.75) is 27.2 Å². The van der Waals surface area contributed by atoms with Crippen LogP contribution in [0.3, 0.4) is 0 Å². The molecule has 0 aliphatic rings. The molecule has 0 fully saturated rings. The molecule has 0 saturated heterocycles. The van der Waals surface area contributed by atoms with Gasteiger partial charge in [-0.15, -0.1) is 0 Å². The van der Waals surface area contributed by atoms with Crippen LogP contribution in [0.25, 0.3) is 16.9 Å². The highest BCUT2D eigenvalue weighted by Gasteiger charge is 2.20. The summed E-state index contributed by atoms with van der Waals surface area (Å²) in [7, 11) is 0. The lowest BCUT2D eigenvalue weighted by molar-refractivity contribution is -0.116. The Balaban J connectivity index is 1.58. The van der Waals surface area contributed by atoms with E-state index in [0.717, 1.165) is 39.0 Å². The van der Waals surface area contributed by atoms with Gasteiger partial charge >= 0.3 is 6.03 Å². The molecule has 4 aromatic rings. The Morgan fingerprint density at radius 2 is 1.68 bits per heavy atom. The fourth-order valence-corrected chi connectivity index (χ4v) is 4.47. The zero-order valence-corrected chi connectivity index (χ0v) is 22.7. The number of para-hydroxylation sites is 1. The minimum atomic E-state index is -0.336. The maximum absolute atomic E-state index is 13.2. The molecule has 1 aromatic heterocycles. The molecule has 0 unspecified atom stereocenters. The monoisotopic (exact) mass is 559 g/mol. The van der Waals surface area contributed by atoms with Crippen LogP contribution < -0.4 is 10.6 Å². The van der Waals surface area contributed by atoms with Crippen molar-refractivity contribution in [2.75, 3.05) is 23.7 Å². The number of carbonyl (C=O) groups excluding carboxylic acids is 2. The molecule has 0 radical (unpaired) electrons. The van der Waals surface area contributed by atoms with Crippen molar-refractivity contribution < 1.29 is 9.59 Å². The van der Waals surface area contributed by atoms with Gasteiger partial charge < -0.3 is 15.5 Å². The summed E-state index contributed by atoms with van der Waals surface area (Å²) in [5.74, 6) is 0.236. The topological polar surface area (TPSA) is 79.3 Å². The number of halogens is 1. The maximum atomic E-state index is 13.2. The first-order valence-corrected chi connectivity index (χ1v) is 13.0. The molecule has 3 amide bonds. The van der Waals surface area contributed by atoms with Gasteiger partial charge in [0.15, 0.2) is 0 Å². The Labute approximate surface area is 225 Å². The second-order valence-corrected chi connectivity index (χ2v) is 9.72. The van der Waals surface area contributed by atoms with Crippen LogP contribution in [0.15, 0.2) is 83.3 Å². The number of carbonyl (C=O) groups is 2. The number of aromatic nitrogens is 2. The molecule has 0 atom stereocenters. The van der Waals surface area contributed by atoms with E-state index in [0.29, 0.717) is 18.1 Å². The first kappa shape index (κ1) is 26.2. The van der Waals surface area contributed by atoms with E-state index in [1.807, 2.05) is 87.5 Å². The molecule has 3 aromatic carbocycles. The fourth-order valence-electron chi connectivity index (χ4n) is 4.08. The van der Waals surface area contributed by atoms with Crippen molar-refractivity contribution in [1.29, 1.82) is 0 Å². The number of aryl methyl sites for hydroxylation is 2. The lowest BCUT2D eigenvalue weighted by atomic mass is 10.1. The Hall–Kier alpha value is -3.91. The highest BCUT2D eigenvalue weighted by molar-refractivity contribution is 9.10. The van der Waals surface area contributed by atoms with E-state index in [4.69, 9.17) is 5.10 Å². The first-order chi connectivity index (χ1) is 17.9. The largest absolute Gasteiger partial charge is 0.322 e. The number of urea groups is 1. The van der Waals surface area contributed by atoms with E-state index in [-0.39, 0.29) is 18.5 Å². The SMILES string of the molecule is CCCN(CC(=O)Nc1cc(-c2ccccc2)nn1-c1ccc(C)cc1C)C(=O)Nc1ccccc1Br. The summed E-state index contributed by atoms with van der Waals surface area (Å²) in [6, 6.07) is 24.8. The van der Waals surface area contributed by atoms with Gasteiger partial charge in [-0.05, 0) is 60.0 Å². The maximum Gasteiger partial charge on any atom is 0.322 e. The van der Waals surface area contributed by atoms with Gasteiger partial charge in [0.05, 0.1) is 17.1 Å². The van der Waals surface area contributed by atoms with Crippen LogP contribution >= 0.6 is 15.9 Å². The second-order valence-electron chi connectivity index (χ2n) is 8.86. The van der Waals surface area contributed by atoms with Gasteiger partial charge in [-0.2, -0.15) is 5.10 Å². The molecule has 0 spiro atoms. The van der Waals surface area contributed by atoms with E-state index < -0.39 is 0 Å². The van der Waals surface area contributed by atoms with Gasteiger partial charge in [-0.3, -0.25) is 4.79 Å². The van der Waals surface area contributed by atoms with Crippen molar-refractivity contribution in [3.8, 4) is 16.9 Å². The van der Waals surface area contributed by atoms with Crippen molar-refractivity contribution in [3.05, 3.63) is 94.5 Å². The second kappa shape index (κ2) is 11.9. The highest BCUT2D eigenvalue weighted by Crippen LogP contribution is 2.27. The zero-order chi connectivity index (χ0) is 26.4. The smallest absolute Gasteiger partial charge is 0.315 e. The van der Waals surface area contributed by atoms with Crippen molar-refractivity contribution in [1.82, 2.24) is 14.7 Å². The Kier molecular flexibility index (Phi) is 8.40. The molecule has 1 heterocycles. The van der Waals surface area contributed by atoms with Gasteiger partial charge in [0, 0.05) is 22.6 Å². The highest BCUT2D eigenvalue weighted by atomic mass is 79.9. The third-order valence-electron chi connectivity index (χ3n) is 5.86. The Bertz CT molecular complexity index is 1400. The summed E-state index contributed by atoms with van der Waals surface area (Å²) in [5.41, 5.74) is 5.40. The van der Waals surface area contributed by atoms with E-state index in [1.54, 1.807) is 10.7 Å². The molecule has 0 saturated carbocycles. The number of anilines is 2. The van der Waals surface area contributed by atoms with Crippen LogP contribution in [-0.4, -0.2) is 39.7 Å². The summed E-state index contributed by atoms with van der Waals surface area (Å²) < 4.78 is 2.52. The Morgan fingerprint density at radius 3 is 2.38 bits per heavy atom.